The number of carbonyl (C=O) groups is 1. The van der Waals surface area contributed by atoms with Crippen molar-refractivity contribution in [3.8, 4) is 11.5 Å². The van der Waals surface area contributed by atoms with E-state index in [1.54, 1.807) is 24.5 Å². The molecule has 0 radical (unpaired) electrons. The van der Waals surface area contributed by atoms with Gasteiger partial charge in [0, 0.05) is 18.1 Å². The number of aromatic nitrogens is 1. The van der Waals surface area contributed by atoms with E-state index in [0.29, 0.717) is 6.42 Å². The minimum absolute atomic E-state index is 0.0621. The number of pyridine rings is 1. The van der Waals surface area contributed by atoms with Crippen LogP contribution in [0.3, 0.4) is 0 Å². The summed E-state index contributed by atoms with van der Waals surface area (Å²) in [5, 5.41) is 2.83. The topological polar surface area (TPSA) is 51.2 Å². The summed E-state index contributed by atoms with van der Waals surface area (Å²) in [6, 6.07) is 20.6. The number of nitrogens with one attached hydrogen (secondary N) is 1. The normalized spacial score (nSPS) is 10.1. The Labute approximate surface area is 134 Å². The molecule has 4 nitrogen and oxygen atoms in total. The van der Waals surface area contributed by atoms with Crippen LogP contribution in [0.5, 0.6) is 11.5 Å². The van der Waals surface area contributed by atoms with Crippen LogP contribution in [0, 0.1) is 0 Å². The van der Waals surface area contributed by atoms with Gasteiger partial charge >= 0.3 is 0 Å². The van der Waals surface area contributed by atoms with Gasteiger partial charge in [-0.3, -0.25) is 9.78 Å². The molecule has 0 unspecified atom stereocenters. The summed E-state index contributed by atoms with van der Waals surface area (Å²) < 4.78 is 5.73. The van der Waals surface area contributed by atoms with Gasteiger partial charge in [0.15, 0.2) is 0 Å². The van der Waals surface area contributed by atoms with Gasteiger partial charge in [0.1, 0.15) is 11.5 Å². The van der Waals surface area contributed by atoms with E-state index in [9.17, 15) is 4.79 Å². The molecule has 1 aromatic heterocycles. The van der Waals surface area contributed by atoms with Gasteiger partial charge in [-0.2, -0.15) is 0 Å². The van der Waals surface area contributed by atoms with Crippen molar-refractivity contribution in [1.82, 2.24) is 4.98 Å². The maximum atomic E-state index is 12.0. The molecule has 3 rings (SSSR count). The lowest BCUT2D eigenvalue weighted by molar-refractivity contribution is -0.115. The Balaban J connectivity index is 1.58. The lowest BCUT2D eigenvalue weighted by Gasteiger charge is -2.07. The monoisotopic (exact) mass is 304 g/mol. The highest BCUT2D eigenvalue weighted by molar-refractivity contribution is 5.92. The highest BCUT2D eigenvalue weighted by atomic mass is 16.5. The van der Waals surface area contributed by atoms with Crippen molar-refractivity contribution in [3.05, 3.63) is 84.7 Å². The number of carbonyl (C=O) groups excluding carboxylic acids is 1. The van der Waals surface area contributed by atoms with Crippen LogP contribution in [0.4, 0.5) is 5.69 Å². The molecule has 0 bridgehead atoms. The van der Waals surface area contributed by atoms with Crippen LogP contribution in [0.1, 0.15) is 5.56 Å². The molecule has 3 aromatic rings. The number of amides is 1. The molecule has 2 aromatic carbocycles. The molecule has 1 heterocycles. The minimum Gasteiger partial charge on any atom is -0.457 e. The van der Waals surface area contributed by atoms with Crippen molar-refractivity contribution in [2.75, 3.05) is 5.32 Å². The number of anilines is 1. The minimum atomic E-state index is -0.0621. The summed E-state index contributed by atoms with van der Waals surface area (Å²) >= 11 is 0. The molecule has 23 heavy (non-hydrogen) atoms. The fourth-order valence-corrected chi connectivity index (χ4v) is 2.13. The van der Waals surface area contributed by atoms with Gasteiger partial charge in [0.05, 0.1) is 6.42 Å². The molecule has 0 saturated carbocycles. The predicted octanol–water partition coefficient (Wildman–Crippen LogP) is 4.06. The summed E-state index contributed by atoms with van der Waals surface area (Å²) in [6.07, 6.45) is 3.60. The Morgan fingerprint density at radius 1 is 0.870 bits per heavy atom. The molecule has 0 aliphatic heterocycles. The van der Waals surface area contributed by atoms with Crippen molar-refractivity contribution in [1.29, 1.82) is 0 Å². The van der Waals surface area contributed by atoms with E-state index in [1.807, 2.05) is 54.6 Å². The zero-order valence-corrected chi connectivity index (χ0v) is 12.5. The Bertz CT molecular complexity index is 756. The molecule has 4 heteroatoms. The van der Waals surface area contributed by atoms with E-state index < -0.39 is 0 Å². The van der Waals surface area contributed by atoms with Crippen molar-refractivity contribution < 1.29 is 9.53 Å². The van der Waals surface area contributed by atoms with Gasteiger partial charge in [-0.05, 0) is 42.0 Å². The van der Waals surface area contributed by atoms with E-state index in [1.165, 1.54) is 0 Å². The lowest BCUT2D eigenvalue weighted by Crippen LogP contribution is -2.14. The first-order chi connectivity index (χ1) is 11.3. The van der Waals surface area contributed by atoms with Crippen LogP contribution < -0.4 is 10.1 Å². The van der Waals surface area contributed by atoms with Gasteiger partial charge in [-0.15, -0.1) is 0 Å². The quantitative estimate of drug-likeness (QED) is 0.773. The summed E-state index contributed by atoms with van der Waals surface area (Å²) in [5.74, 6) is 1.47. The number of ether oxygens (including phenoxy) is 1. The first kappa shape index (κ1) is 14.8. The van der Waals surface area contributed by atoms with Crippen LogP contribution in [0.25, 0.3) is 0 Å². The Morgan fingerprint density at radius 2 is 1.52 bits per heavy atom. The van der Waals surface area contributed by atoms with Crippen LogP contribution in [-0.2, 0) is 11.2 Å². The molecular weight excluding hydrogens is 288 g/mol. The Morgan fingerprint density at radius 3 is 2.22 bits per heavy atom. The third-order valence-electron chi connectivity index (χ3n) is 3.23. The SMILES string of the molecule is O=C(Cc1ccc(Oc2ccccc2)cc1)Nc1ccncc1. The maximum absolute atomic E-state index is 12.0. The molecule has 0 fully saturated rings. The number of hydrogen-bond donors (Lipinski definition) is 1. The zero-order valence-electron chi connectivity index (χ0n) is 12.5. The fraction of sp³-hybridized carbons (Fsp3) is 0.0526. The molecule has 0 aliphatic rings. The molecular formula is C19H16N2O2. The van der Waals surface area contributed by atoms with E-state index >= 15 is 0 Å². The van der Waals surface area contributed by atoms with E-state index in [2.05, 4.69) is 10.3 Å². The maximum Gasteiger partial charge on any atom is 0.228 e. The van der Waals surface area contributed by atoms with E-state index in [4.69, 9.17) is 4.74 Å². The van der Waals surface area contributed by atoms with Gasteiger partial charge in [-0.1, -0.05) is 30.3 Å². The number of para-hydroxylation sites is 1. The standard InChI is InChI=1S/C19H16N2O2/c22-19(21-16-10-12-20-13-11-16)14-15-6-8-18(9-7-15)23-17-4-2-1-3-5-17/h1-13H,14H2,(H,20,21,22). The molecule has 114 valence electrons. The Kier molecular flexibility index (Phi) is 4.64. The molecule has 1 N–H and O–H groups in total. The molecule has 0 atom stereocenters. The summed E-state index contributed by atoms with van der Waals surface area (Å²) in [7, 11) is 0. The van der Waals surface area contributed by atoms with Crippen LogP contribution in [-0.4, -0.2) is 10.9 Å². The molecule has 0 aliphatic carbocycles. The largest absolute Gasteiger partial charge is 0.457 e. The van der Waals surface area contributed by atoms with Gasteiger partial charge in [0.25, 0.3) is 0 Å². The zero-order chi connectivity index (χ0) is 15.9. The third-order valence-corrected chi connectivity index (χ3v) is 3.23. The molecule has 1 amide bonds. The second kappa shape index (κ2) is 7.22. The van der Waals surface area contributed by atoms with E-state index in [-0.39, 0.29) is 5.91 Å². The van der Waals surface area contributed by atoms with Crippen molar-refractivity contribution in [2.45, 2.75) is 6.42 Å². The summed E-state index contributed by atoms with van der Waals surface area (Å²) in [4.78, 5) is 15.9. The van der Waals surface area contributed by atoms with Crippen molar-refractivity contribution >= 4 is 11.6 Å². The van der Waals surface area contributed by atoms with Gasteiger partial charge in [-0.25, -0.2) is 0 Å². The van der Waals surface area contributed by atoms with Crippen LogP contribution >= 0.6 is 0 Å². The van der Waals surface area contributed by atoms with Crippen LogP contribution in [0.2, 0.25) is 0 Å². The summed E-state index contributed by atoms with van der Waals surface area (Å²) in [6.45, 7) is 0. The average Bonchev–Trinajstić information content (AvgIpc) is 2.58. The number of rotatable bonds is 5. The highest BCUT2D eigenvalue weighted by Gasteiger charge is 2.04. The first-order valence-electron chi connectivity index (χ1n) is 7.31. The predicted molar refractivity (Wildman–Crippen MR) is 89.5 cm³/mol. The second-order valence-electron chi connectivity index (χ2n) is 5.02. The number of hydrogen-bond acceptors (Lipinski definition) is 3. The number of nitrogens with zero attached hydrogens (tertiary/aromatic N) is 1. The van der Waals surface area contributed by atoms with Crippen molar-refractivity contribution in [2.24, 2.45) is 0 Å². The molecule has 0 spiro atoms. The Hall–Kier alpha value is -3.14. The van der Waals surface area contributed by atoms with Crippen molar-refractivity contribution in [3.63, 3.8) is 0 Å². The highest BCUT2D eigenvalue weighted by Crippen LogP contribution is 2.21. The number of benzene rings is 2. The summed E-state index contributed by atoms with van der Waals surface area (Å²) in [5.41, 5.74) is 1.67. The lowest BCUT2D eigenvalue weighted by atomic mass is 10.1. The van der Waals surface area contributed by atoms with Crippen LogP contribution in [0.15, 0.2) is 79.1 Å². The fourth-order valence-electron chi connectivity index (χ4n) is 2.13. The first-order valence-corrected chi connectivity index (χ1v) is 7.31. The smallest absolute Gasteiger partial charge is 0.228 e. The average molecular weight is 304 g/mol. The second-order valence-corrected chi connectivity index (χ2v) is 5.02. The van der Waals surface area contributed by atoms with Gasteiger partial charge in [0.2, 0.25) is 5.91 Å². The molecule has 0 saturated heterocycles. The van der Waals surface area contributed by atoms with E-state index in [0.717, 1.165) is 22.7 Å². The third kappa shape index (κ3) is 4.41. The van der Waals surface area contributed by atoms with Gasteiger partial charge < -0.3 is 10.1 Å².